The fourth-order valence-corrected chi connectivity index (χ4v) is 8.91. The molecule has 0 radical (unpaired) electrons. The quantitative estimate of drug-likeness (QED) is 0.160. The molecule has 0 atom stereocenters. The first kappa shape index (κ1) is 30.9. The Kier molecular flexibility index (Phi) is 6.60. The molecule has 0 N–H and O–H groups in total. The Morgan fingerprint density at radius 3 is 1.48 bits per heavy atom. The molecule has 0 fully saturated rings. The summed E-state index contributed by atoms with van der Waals surface area (Å²) < 4.78 is 12.9. The summed E-state index contributed by atoms with van der Waals surface area (Å²) in [6.45, 7) is 0. The van der Waals surface area contributed by atoms with E-state index in [4.69, 9.17) is 8.83 Å². The molecule has 262 valence electrons. The van der Waals surface area contributed by atoms with E-state index in [0.717, 1.165) is 78.0 Å². The van der Waals surface area contributed by atoms with Crippen molar-refractivity contribution in [3.05, 3.63) is 194 Å². The van der Waals surface area contributed by atoms with Crippen LogP contribution in [0.25, 0.3) is 76.2 Å². The van der Waals surface area contributed by atoms with Crippen LogP contribution in [0.15, 0.2) is 203 Å². The van der Waals surface area contributed by atoms with E-state index in [1.54, 1.807) is 0 Å². The van der Waals surface area contributed by atoms with E-state index in [9.17, 15) is 0 Å². The zero-order valence-corrected chi connectivity index (χ0v) is 30.2. The molecule has 0 amide bonds. The fraction of sp³-hybridized carbons (Fsp3) is 0. The van der Waals surface area contributed by atoms with Crippen LogP contribution in [-0.2, 0) is 0 Å². The standard InChI is InChI=1S/C52H32N2O2/c1-3-12-35(13-4-1)53(37-26-31-49-43(32-37)39-17-8-9-20-47(39)55-49)44-29-24-33-23-28-42-45(30-25-34-22-27-41(44)50(33)51(34)42)54(36-14-5-2-6-15-36)46-19-11-18-40-38-16-7-10-21-48(38)56-52(40)46/h1-32H. The molecule has 12 rings (SSSR count). The first-order chi connectivity index (χ1) is 27.8. The largest absolute Gasteiger partial charge is 0.456 e. The zero-order valence-electron chi connectivity index (χ0n) is 30.2. The van der Waals surface area contributed by atoms with Crippen molar-refractivity contribution in [2.24, 2.45) is 0 Å². The molecule has 0 aliphatic carbocycles. The summed E-state index contributed by atoms with van der Waals surface area (Å²) in [6, 6.07) is 69.1. The Labute approximate surface area is 322 Å². The van der Waals surface area contributed by atoms with Crippen molar-refractivity contribution in [1.82, 2.24) is 0 Å². The number of hydrogen-bond acceptors (Lipinski definition) is 4. The van der Waals surface area contributed by atoms with E-state index in [1.807, 2.05) is 24.3 Å². The minimum absolute atomic E-state index is 0.867. The van der Waals surface area contributed by atoms with Gasteiger partial charge in [-0.2, -0.15) is 0 Å². The van der Waals surface area contributed by atoms with Gasteiger partial charge in [0, 0.05) is 49.4 Å². The van der Waals surface area contributed by atoms with Crippen molar-refractivity contribution in [1.29, 1.82) is 0 Å². The first-order valence-electron chi connectivity index (χ1n) is 19.0. The highest BCUT2D eigenvalue weighted by atomic mass is 16.3. The van der Waals surface area contributed by atoms with Gasteiger partial charge in [0.25, 0.3) is 0 Å². The van der Waals surface area contributed by atoms with Crippen LogP contribution in [0.3, 0.4) is 0 Å². The molecule has 0 aliphatic heterocycles. The number of anilines is 6. The van der Waals surface area contributed by atoms with E-state index in [-0.39, 0.29) is 0 Å². The third-order valence-corrected chi connectivity index (χ3v) is 11.4. The SMILES string of the molecule is c1ccc(N(c2ccc3oc4ccccc4c3c2)c2ccc3ccc4c(N(c5ccccc5)c5cccc6c5oc5ccccc56)ccc5ccc2c3c54)cc1. The third kappa shape index (κ3) is 4.53. The predicted molar refractivity (Wildman–Crippen MR) is 234 cm³/mol. The van der Waals surface area contributed by atoms with Crippen molar-refractivity contribution < 1.29 is 8.83 Å². The summed E-state index contributed by atoms with van der Waals surface area (Å²) in [5.74, 6) is 0. The zero-order chi connectivity index (χ0) is 36.7. The van der Waals surface area contributed by atoms with Gasteiger partial charge in [-0.05, 0) is 94.3 Å². The maximum atomic E-state index is 6.65. The Balaban J connectivity index is 1.12. The minimum Gasteiger partial charge on any atom is -0.456 e. The van der Waals surface area contributed by atoms with Gasteiger partial charge in [-0.15, -0.1) is 0 Å². The van der Waals surface area contributed by atoms with Gasteiger partial charge < -0.3 is 18.6 Å². The number of rotatable bonds is 6. The van der Waals surface area contributed by atoms with Gasteiger partial charge in [-0.1, -0.05) is 121 Å². The maximum absolute atomic E-state index is 6.65. The molecule has 12 aromatic rings. The van der Waals surface area contributed by atoms with E-state index in [2.05, 4.69) is 180 Å². The summed E-state index contributed by atoms with van der Waals surface area (Å²) in [5, 5.41) is 11.7. The Morgan fingerprint density at radius 2 is 0.804 bits per heavy atom. The van der Waals surface area contributed by atoms with Crippen LogP contribution in [-0.4, -0.2) is 0 Å². The van der Waals surface area contributed by atoms with Crippen molar-refractivity contribution in [2.45, 2.75) is 0 Å². The van der Waals surface area contributed by atoms with Gasteiger partial charge in [-0.25, -0.2) is 0 Å². The van der Waals surface area contributed by atoms with Gasteiger partial charge in [-0.3, -0.25) is 0 Å². The van der Waals surface area contributed by atoms with Crippen molar-refractivity contribution in [3.8, 4) is 0 Å². The monoisotopic (exact) mass is 716 g/mol. The van der Waals surface area contributed by atoms with Crippen molar-refractivity contribution in [2.75, 3.05) is 9.80 Å². The van der Waals surface area contributed by atoms with Crippen LogP contribution in [0.2, 0.25) is 0 Å². The lowest BCUT2D eigenvalue weighted by Crippen LogP contribution is -2.11. The number of benzene rings is 10. The smallest absolute Gasteiger partial charge is 0.159 e. The molecule has 2 aromatic heterocycles. The lowest BCUT2D eigenvalue weighted by molar-refractivity contribution is 0.668. The number of para-hydroxylation sites is 5. The van der Waals surface area contributed by atoms with Crippen LogP contribution in [0.4, 0.5) is 34.1 Å². The molecular weight excluding hydrogens is 685 g/mol. The van der Waals surface area contributed by atoms with E-state index < -0.39 is 0 Å². The molecule has 56 heavy (non-hydrogen) atoms. The molecule has 0 unspecified atom stereocenters. The Morgan fingerprint density at radius 1 is 0.286 bits per heavy atom. The molecule has 2 heterocycles. The normalized spacial score (nSPS) is 11.9. The average molecular weight is 717 g/mol. The number of nitrogens with zero attached hydrogens (tertiary/aromatic N) is 2. The number of furan rings is 2. The van der Waals surface area contributed by atoms with Crippen molar-refractivity contribution >= 4 is 110 Å². The summed E-state index contributed by atoms with van der Waals surface area (Å²) in [4.78, 5) is 4.74. The van der Waals surface area contributed by atoms with Gasteiger partial charge in [0.2, 0.25) is 0 Å². The van der Waals surface area contributed by atoms with E-state index in [1.165, 1.54) is 32.3 Å². The number of fused-ring (bicyclic) bond motifs is 6. The minimum atomic E-state index is 0.867. The fourth-order valence-electron chi connectivity index (χ4n) is 8.91. The molecule has 0 bridgehead atoms. The molecular formula is C52H32N2O2. The summed E-state index contributed by atoms with van der Waals surface area (Å²) in [6.07, 6.45) is 0. The molecule has 4 heteroatoms. The van der Waals surface area contributed by atoms with E-state index >= 15 is 0 Å². The van der Waals surface area contributed by atoms with Crippen LogP contribution in [0.1, 0.15) is 0 Å². The first-order valence-corrected chi connectivity index (χ1v) is 19.0. The van der Waals surface area contributed by atoms with Gasteiger partial charge in [0.05, 0.1) is 17.1 Å². The summed E-state index contributed by atoms with van der Waals surface area (Å²) in [7, 11) is 0. The van der Waals surface area contributed by atoms with Gasteiger partial charge in [0.15, 0.2) is 5.58 Å². The van der Waals surface area contributed by atoms with Crippen LogP contribution >= 0.6 is 0 Å². The van der Waals surface area contributed by atoms with Crippen LogP contribution < -0.4 is 9.80 Å². The third-order valence-electron chi connectivity index (χ3n) is 11.4. The molecule has 10 aromatic carbocycles. The lowest BCUT2D eigenvalue weighted by atomic mass is 9.91. The molecule has 0 saturated heterocycles. The molecule has 0 spiro atoms. The Hall–Kier alpha value is -7.56. The predicted octanol–water partition coefficient (Wildman–Crippen LogP) is 15.3. The highest BCUT2D eigenvalue weighted by Crippen LogP contribution is 2.49. The van der Waals surface area contributed by atoms with E-state index in [0.29, 0.717) is 0 Å². The number of hydrogen-bond donors (Lipinski definition) is 0. The average Bonchev–Trinajstić information content (AvgIpc) is 3.83. The Bertz CT molecular complexity index is 3440. The second-order valence-corrected chi connectivity index (χ2v) is 14.5. The highest BCUT2D eigenvalue weighted by molar-refractivity contribution is 6.28. The lowest BCUT2D eigenvalue weighted by Gasteiger charge is -2.29. The van der Waals surface area contributed by atoms with Crippen LogP contribution in [0.5, 0.6) is 0 Å². The van der Waals surface area contributed by atoms with Crippen molar-refractivity contribution in [3.63, 3.8) is 0 Å². The maximum Gasteiger partial charge on any atom is 0.159 e. The van der Waals surface area contributed by atoms with Gasteiger partial charge in [0.1, 0.15) is 16.7 Å². The van der Waals surface area contributed by atoms with Gasteiger partial charge >= 0.3 is 0 Å². The highest BCUT2D eigenvalue weighted by Gasteiger charge is 2.24. The molecule has 4 nitrogen and oxygen atoms in total. The van der Waals surface area contributed by atoms with Crippen LogP contribution in [0, 0.1) is 0 Å². The summed E-state index contributed by atoms with van der Waals surface area (Å²) >= 11 is 0. The second-order valence-electron chi connectivity index (χ2n) is 14.5. The second kappa shape index (κ2) is 12.0. The summed E-state index contributed by atoms with van der Waals surface area (Å²) in [5.41, 5.74) is 9.95. The molecule has 0 aliphatic rings. The topological polar surface area (TPSA) is 32.8 Å². The molecule has 0 saturated carbocycles.